The van der Waals surface area contributed by atoms with Crippen LogP contribution in [-0.4, -0.2) is 27.1 Å². The molecular formula is C27H25FN4O. The smallest absolute Gasteiger partial charge is 0.234 e. The van der Waals surface area contributed by atoms with Crippen molar-refractivity contribution in [3.05, 3.63) is 108 Å². The Morgan fingerprint density at radius 1 is 1.00 bits per heavy atom. The molecule has 1 aromatic heterocycles. The molecule has 5 rings (SSSR count). The summed E-state index contributed by atoms with van der Waals surface area (Å²) >= 11 is 0. The van der Waals surface area contributed by atoms with Crippen LogP contribution in [-0.2, 0) is 24.9 Å². The van der Waals surface area contributed by atoms with Gasteiger partial charge < -0.3 is 5.32 Å². The van der Waals surface area contributed by atoms with Gasteiger partial charge in [-0.2, -0.15) is 5.10 Å². The minimum absolute atomic E-state index is 0.189. The number of para-hydroxylation sites is 1. The number of rotatable bonds is 5. The van der Waals surface area contributed by atoms with Crippen molar-refractivity contribution in [2.45, 2.75) is 19.0 Å². The lowest BCUT2D eigenvalue weighted by Gasteiger charge is -2.31. The zero-order valence-corrected chi connectivity index (χ0v) is 18.4. The number of nitrogens with one attached hydrogen (secondary N) is 1. The third-order valence-corrected chi connectivity index (χ3v) is 6.02. The molecule has 1 aliphatic heterocycles. The van der Waals surface area contributed by atoms with Crippen LogP contribution in [0.2, 0.25) is 0 Å². The second-order valence-corrected chi connectivity index (χ2v) is 8.47. The maximum Gasteiger partial charge on any atom is 0.234 e. The van der Waals surface area contributed by atoms with Gasteiger partial charge in [0.2, 0.25) is 5.91 Å². The van der Waals surface area contributed by atoms with E-state index in [0.29, 0.717) is 19.6 Å². The van der Waals surface area contributed by atoms with Crippen LogP contribution in [0.4, 0.5) is 10.1 Å². The summed E-state index contributed by atoms with van der Waals surface area (Å²) < 4.78 is 15.8. The maximum absolute atomic E-state index is 14.1. The van der Waals surface area contributed by atoms with E-state index in [1.807, 2.05) is 31.4 Å². The Kier molecular flexibility index (Phi) is 5.75. The highest BCUT2D eigenvalue weighted by Crippen LogP contribution is 2.30. The summed E-state index contributed by atoms with van der Waals surface area (Å²) in [5, 5.41) is 7.29. The number of aryl methyl sites for hydroxylation is 1. The van der Waals surface area contributed by atoms with Crippen LogP contribution in [0.3, 0.4) is 0 Å². The number of hydrogen-bond acceptors (Lipinski definition) is 3. The van der Waals surface area contributed by atoms with Gasteiger partial charge in [-0.1, -0.05) is 66.7 Å². The van der Waals surface area contributed by atoms with Gasteiger partial charge in [-0.05, 0) is 28.8 Å². The van der Waals surface area contributed by atoms with E-state index < -0.39 is 11.7 Å². The van der Waals surface area contributed by atoms with Crippen LogP contribution in [0.25, 0.3) is 11.1 Å². The molecule has 0 saturated heterocycles. The van der Waals surface area contributed by atoms with E-state index in [4.69, 9.17) is 0 Å². The lowest BCUT2D eigenvalue weighted by Crippen LogP contribution is -2.38. The summed E-state index contributed by atoms with van der Waals surface area (Å²) in [6.07, 6.45) is 1.96. The van der Waals surface area contributed by atoms with Gasteiger partial charge in [-0.25, -0.2) is 4.39 Å². The Hall–Kier alpha value is -3.77. The molecule has 0 fully saturated rings. The van der Waals surface area contributed by atoms with Gasteiger partial charge in [-0.3, -0.25) is 14.4 Å². The van der Waals surface area contributed by atoms with Crippen molar-refractivity contribution < 1.29 is 9.18 Å². The Balaban J connectivity index is 1.34. The molecule has 6 heteroatoms. The van der Waals surface area contributed by atoms with Gasteiger partial charge in [0, 0.05) is 38.4 Å². The van der Waals surface area contributed by atoms with Crippen LogP contribution >= 0.6 is 0 Å². The molecule has 4 aromatic rings. The molecule has 33 heavy (non-hydrogen) atoms. The Morgan fingerprint density at radius 3 is 2.45 bits per heavy atom. The number of anilines is 1. The van der Waals surface area contributed by atoms with E-state index >= 15 is 0 Å². The molecule has 0 aliphatic carbocycles. The second-order valence-electron chi connectivity index (χ2n) is 8.47. The van der Waals surface area contributed by atoms with Crippen LogP contribution in [0.5, 0.6) is 0 Å². The van der Waals surface area contributed by atoms with Crippen LogP contribution < -0.4 is 5.32 Å². The number of carbonyl (C=O) groups is 1. The van der Waals surface area contributed by atoms with Crippen molar-refractivity contribution in [3.63, 3.8) is 0 Å². The number of aromatic nitrogens is 2. The molecule has 1 unspecified atom stereocenters. The van der Waals surface area contributed by atoms with Crippen molar-refractivity contribution in [2.24, 2.45) is 7.05 Å². The van der Waals surface area contributed by atoms with Crippen molar-refractivity contribution in [3.8, 4) is 11.1 Å². The van der Waals surface area contributed by atoms with Gasteiger partial charge in [-0.15, -0.1) is 0 Å². The SMILES string of the molecule is Cn1cc2c(n1)C(C(=O)Nc1ccccc1F)CN(Cc1ccc(-c3ccccc3)cc1)C2. The standard InChI is InChI=1S/C27H25FN4O/c1-31-16-22-17-32(15-19-11-13-21(14-12-19)20-7-3-2-4-8-20)18-23(26(22)30-31)27(33)29-25-10-6-5-9-24(25)28/h2-14,16,23H,15,17-18H2,1H3,(H,29,33). The van der Waals surface area contributed by atoms with Crippen LogP contribution in [0.1, 0.15) is 22.7 Å². The third-order valence-electron chi connectivity index (χ3n) is 6.02. The van der Waals surface area contributed by atoms with E-state index in [1.165, 1.54) is 22.8 Å². The molecule has 1 N–H and O–H groups in total. The van der Waals surface area contributed by atoms with Crippen molar-refractivity contribution in [1.29, 1.82) is 0 Å². The first-order valence-electron chi connectivity index (χ1n) is 11.0. The summed E-state index contributed by atoms with van der Waals surface area (Å²) in [6, 6.07) is 25.0. The molecule has 1 amide bonds. The summed E-state index contributed by atoms with van der Waals surface area (Å²) in [7, 11) is 1.86. The summed E-state index contributed by atoms with van der Waals surface area (Å²) in [4.78, 5) is 15.4. The monoisotopic (exact) mass is 440 g/mol. The molecular weight excluding hydrogens is 415 g/mol. The Labute approximate surface area is 192 Å². The Morgan fingerprint density at radius 2 is 1.70 bits per heavy atom. The molecule has 0 spiro atoms. The summed E-state index contributed by atoms with van der Waals surface area (Å²) in [5.74, 6) is -1.17. The van der Waals surface area contributed by atoms with E-state index in [0.717, 1.165) is 11.3 Å². The molecule has 0 bridgehead atoms. The number of nitrogens with zero attached hydrogens (tertiary/aromatic N) is 3. The van der Waals surface area contributed by atoms with Gasteiger partial charge in [0.15, 0.2) is 0 Å². The van der Waals surface area contributed by atoms with Crippen molar-refractivity contribution in [1.82, 2.24) is 14.7 Å². The fraction of sp³-hybridized carbons (Fsp3) is 0.185. The first-order chi connectivity index (χ1) is 16.1. The van der Waals surface area contributed by atoms with Crippen LogP contribution in [0, 0.1) is 5.82 Å². The summed E-state index contributed by atoms with van der Waals surface area (Å²) in [6.45, 7) is 1.95. The molecule has 0 radical (unpaired) electrons. The minimum Gasteiger partial charge on any atom is -0.323 e. The normalized spacial score (nSPS) is 15.8. The molecule has 1 atom stereocenters. The number of amides is 1. The molecule has 5 nitrogen and oxygen atoms in total. The number of halogens is 1. The molecule has 0 saturated carbocycles. The molecule has 166 valence electrons. The number of benzene rings is 3. The van der Waals surface area contributed by atoms with Crippen molar-refractivity contribution >= 4 is 11.6 Å². The quantitative estimate of drug-likeness (QED) is 0.477. The van der Waals surface area contributed by atoms with E-state index in [1.54, 1.807) is 22.9 Å². The number of fused-ring (bicyclic) bond motifs is 1. The lowest BCUT2D eigenvalue weighted by atomic mass is 9.95. The zero-order chi connectivity index (χ0) is 22.8. The van der Waals surface area contributed by atoms with Gasteiger partial charge in [0.05, 0.1) is 17.3 Å². The highest BCUT2D eigenvalue weighted by molar-refractivity contribution is 5.96. The van der Waals surface area contributed by atoms with E-state index in [-0.39, 0.29) is 11.6 Å². The third kappa shape index (κ3) is 4.56. The zero-order valence-electron chi connectivity index (χ0n) is 18.4. The van der Waals surface area contributed by atoms with Crippen LogP contribution in [0.15, 0.2) is 85.1 Å². The predicted molar refractivity (Wildman–Crippen MR) is 127 cm³/mol. The molecule has 1 aliphatic rings. The fourth-order valence-electron chi connectivity index (χ4n) is 4.42. The highest BCUT2D eigenvalue weighted by atomic mass is 19.1. The number of carbonyl (C=O) groups excluding carboxylic acids is 1. The topological polar surface area (TPSA) is 50.2 Å². The largest absolute Gasteiger partial charge is 0.323 e. The van der Waals surface area contributed by atoms with E-state index in [9.17, 15) is 9.18 Å². The van der Waals surface area contributed by atoms with Gasteiger partial charge in [0.25, 0.3) is 0 Å². The Bertz CT molecular complexity index is 1270. The number of hydrogen-bond donors (Lipinski definition) is 1. The van der Waals surface area contributed by atoms with E-state index in [2.05, 4.69) is 51.7 Å². The summed E-state index contributed by atoms with van der Waals surface area (Å²) in [5.41, 5.74) is 5.52. The average molecular weight is 441 g/mol. The predicted octanol–water partition coefficient (Wildman–Crippen LogP) is 4.96. The first kappa shape index (κ1) is 21.1. The van der Waals surface area contributed by atoms with Gasteiger partial charge >= 0.3 is 0 Å². The fourth-order valence-corrected chi connectivity index (χ4v) is 4.42. The van der Waals surface area contributed by atoms with Gasteiger partial charge in [0.1, 0.15) is 5.82 Å². The highest BCUT2D eigenvalue weighted by Gasteiger charge is 2.33. The minimum atomic E-state index is -0.474. The molecule has 2 heterocycles. The second kappa shape index (κ2) is 9.00. The molecule has 3 aromatic carbocycles. The lowest BCUT2D eigenvalue weighted by molar-refractivity contribution is -0.118. The maximum atomic E-state index is 14.1. The first-order valence-corrected chi connectivity index (χ1v) is 11.0. The average Bonchev–Trinajstić information content (AvgIpc) is 3.21. The van der Waals surface area contributed by atoms with Crippen molar-refractivity contribution in [2.75, 3.05) is 11.9 Å².